The van der Waals surface area contributed by atoms with Gasteiger partial charge in [-0.25, -0.2) is 8.78 Å². The Morgan fingerprint density at radius 2 is 1.04 bits per heavy atom. The van der Waals surface area contributed by atoms with Gasteiger partial charge in [-0.3, -0.25) is 4.79 Å². The molecule has 2 nitrogen and oxygen atoms in total. The lowest BCUT2D eigenvalue weighted by Gasteiger charge is -2.08. The molecule has 1 atom stereocenters. The highest BCUT2D eigenvalue weighted by Crippen LogP contribution is 2.14. The lowest BCUT2D eigenvalue weighted by molar-refractivity contribution is -0.174. The Labute approximate surface area is 151 Å². The van der Waals surface area contributed by atoms with Crippen molar-refractivity contribution in [2.24, 2.45) is 0 Å². The van der Waals surface area contributed by atoms with E-state index >= 15 is 0 Å². The predicted molar refractivity (Wildman–Crippen MR) is 96.5 cm³/mol. The molecule has 0 amide bonds. The number of halogens is 3. The van der Waals surface area contributed by atoms with Gasteiger partial charge in [0.2, 0.25) is 0 Å². The smallest absolute Gasteiger partial charge is 0.308 e. The van der Waals surface area contributed by atoms with Crippen molar-refractivity contribution in [3.05, 3.63) is 0 Å². The van der Waals surface area contributed by atoms with Crippen LogP contribution in [0.15, 0.2) is 0 Å². The van der Waals surface area contributed by atoms with E-state index in [2.05, 4.69) is 11.7 Å². The summed E-state index contributed by atoms with van der Waals surface area (Å²) in [5.74, 6) is -0.873. The number of unbranched alkanes of at least 4 members (excludes halogenated alkanes) is 14. The Morgan fingerprint density at radius 3 is 1.40 bits per heavy atom. The molecular formula is C20H37F3O2. The number of ether oxygens (including phenoxy) is 1. The van der Waals surface area contributed by atoms with Crippen LogP contribution in [-0.2, 0) is 9.53 Å². The Kier molecular flexibility index (Phi) is 17.5. The Balaban J connectivity index is 3.17. The zero-order chi connectivity index (χ0) is 18.8. The lowest BCUT2D eigenvalue weighted by atomic mass is 10.0. The summed E-state index contributed by atoms with van der Waals surface area (Å²) in [5, 5.41) is 0. The van der Waals surface area contributed by atoms with Crippen LogP contribution in [0.1, 0.15) is 110 Å². The largest absolute Gasteiger partial charge is 0.425 e. The molecule has 0 spiro atoms. The standard InChI is InChI=1S/C20H37F3O2/c1-2-3-4-5-6-7-8-9-10-11-12-13-14-15-16-17-18(24)25-20(23)19(21)22/h19-20H,2-17H2,1H3. The van der Waals surface area contributed by atoms with Crippen molar-refractivity contribution < 1.29 is 22.7 Å². The molecule has 150 valence electrons. The molecule has 0 saturated carbocycles. The second-order valence-corrected chi connectivity index (χ2v) is 6.88. The summed E-state index contributed by atoms with van der Waals surface area (Å²) < 4.78 is 40.2. The van der Waals surface area contributed by atoms with Gasteiger partial charge in [0.15, 0.2) is 0 Å². The molecule has 0 heterocycles. The van der Waals surface area contributed by atoms with E-state index in [1.807, 2.05) is 0 Å². The molecule has 0 aliphatic rings. The van der Waals surface area contributed by atoms with E-state index in [1.165, 1.54) is 70.6 Å². The predicted octanol–water partition coefficient (Wildman–Crippen LogP) is 7.35. The van der Waals surface area contributed by atoms with Crippen molar-refractivity contribution in [2.45, 2.75) is 122 Å². The molecule has 0 aromatic rings. The van der Waals surface area contributed by atoms with Gasteiger partial charge in [-0.2, -0.15) is 4.39 Å². The number of hydrogen-bond acceptors (Lipinski definition) is 2. The van der Waals surface area contributed by atoms with E-state index in [0.29, 0.717) is 6.42 Å². The first-order valence-corrected chi connectivity index (χ1v) is 10.2. The number of carbonyl (C=O) groups is 1. The van der Waals surface area contributed by atoms with Crippen LogP contribution in [0.25, 0.3) is 0 Å². The maximum absolute atomic E-state index is 12.5. The quantitative estimate of drug-likeness (QED) is 0.187. The van der Waals surface area contributed by atoms with Gasteiger partial charge in [-0.1, -0.05) is 96.8 Å². The van der Waals surface area contributed by atoms with E-state index in [9.17, 15) is 18.0 Å². The summed E-state index contributed by atoms with van der Waals surface area (Å²) in [7, 11) is 0. The normalized spacial score (nSPS) is 12.5. The summed E-state index contributed by atoms with van der Waals surface area (Å²) in [5.41, 5.74) is 0. The van der Waals surface area contributed by atoms with Gasteiger partial charge in [-0.15, -0.1) is 0 Å². The third-order valence-electron chi connectivity index (χ3n) is 4.43. The third kappa shape index (κ3) is 17.9. The van der Waals surface area contributed by atoms with E-state index in [0.717, 1.165) is 19.3 Å². The molecule has 0 aromatic heterocycles. The molecule has 0 aromatic carbocycles. The van der Waals surface area contributed by atoms with Crippen LogP contribution < -0.4 is 0 Å². The first-order valence-electron chi connectivity index (χ1n) is 10.2. The molecule has 0 radical (unpaired) electrons. The molecule has 5 heteroatoms. The summed E-state index contributed by atoms with van der Waals surface area (Å²) in [4.78, 5) is 11.1. The summed E-state index contributed by atoms with van der Waals surface area (Å²) in [6.07, 6.45) is 12.2. The molecule has 0 fully saturated rings. The highest BCUT2D eigenvalue weighted by molar-refractivity contribution is 5.69. The average Bonchev–Trinajstić information content (AvgIpc) is 2.58. The first-order chi connectivity index (χ1) is 12.1. The van der Waals surface area contributed by atoms with Gasteiger partial charge >= 0.3 is 18.8 Å². The first kappa shape index (κ1) is 24.3. The molecule has 0 aliphatic heterocycles. The van der Waals surface area contributed by atoms with E-state index in [4.69, 9.17) is 0 Å². The van der Waals surface area contributed by atoms with Gasteiger partial charge in [0, 0.05) is 6.42 Å². The highest BCUT2D eigenvalue weighted by Gasteiger charge is 2.22. The van der Waals surface area contributed by atoms with E-state index < -0.39 is 18.8 Å². The van der Waals surface area contributed by atoms with Crippen molar-refractivity contribution in [3.63, 3.8) is 0 Å². The molecule has 1 unspecified atom stereocenters. The minimum absolute atomic E-state index is 0.0192. The molecular weight excluding hydrogens is 329 g/mol. The monoisotopic (exact) mass is 366 g/mol. The van der Waals surface area contributed by atoms with Gasteiger partial charge in [-0.05, 0) is 6.42 Å². The Bertz CT molecular complexity index is 299. The van der Waals surface area contributed by atoms with Crippen molar-refractivity contribution in [1.29, 1.82) is 0 Å². The summed E-state index contributed by atoms with van der Waals surface area (Å²) in [6.45, 7) is 2.24. The summed E-state index contributed by atoms with van der Waals surface area (Å²) in [6, 6.07) is 0. The van der Waals surface area contributed by atoms with Crippen LogP contribution >= 0.6 is 0 Å². The fourth-order valence-electron chi connectivity index (χ4n) is 2.88. The van der Waals surface area contributed by atoms with Crippen molar-refractivity contribution in [2.75, 3.05) is 0 Å². The van der Waals surface area contributed by atoms with Crippen LogP contribution in [0, 0.1) is 0 Å². The van der Waals surface area contributed by atoms with Gasteiger partial charge in [0.25, 0.3) is 0 Å². The van der Waals surface area contributed by atoms with Gasteiger partial charge < -0.3 is 4.74 Å². The maximum atomic E-state index is 12.5. The molecule has 0 aliphatic carbocycles. The number of rotatable bonds is 18. The zero-order valence-electron chi connectivity index (χ0n) is 15.9. The Morgan fingerprint density at radius 1 is 0.680 bits per heavy atom. The minimum Gasteiger partial charge on any atom is -0.425 e. The fourth-order valence-corrected chi connectivity index (χ4v) is 2.88. The van der Waals surface area contributed by atoms with E-state index in [1.54, 1.807) is 0 Å². The van der Waals surface area contributed by atoms with Crippen LogP contribution in [0.3, 0.4) is 0 Å². The van der Waals surface area contributed by atoms with Crippen molar-refractivity contribution >= 4 is 5.97 Å². The van der Waals surface area contributed by atoms with Crippen LogP contribution in [0.5, 0.6) is 0 Å². The van der Waals surface area contributed by atoms with E-state index in [-0.39, 0.29) is 6.42 Å². The SMILES string of the molecule is CCCCCCCCCCCCCCCCCC(=O)OC(F)C(F)F. The Hall–Kier alpha value is -0.740. The highest BCUT2D eigenvalue weighted by atomic mass is 19.3. The maximum Gasteiger partial charge on any atom is 0.308 e. The van der Waals surface area contributed by atoms with Crippen LogP contribution in [0.2, 0.25) is 0 Å². The lowest BCUT2D eigenvalue weighted by Crippen LogP contribution is -2.20. The summed E-state index contributed by atoms with van der Waals surface area (Å²) >= 11 is 0. The van der Waals surface area contributed by atoms with Crippen LogP contribution in [-0.4, -0.2) is 18.8 Å². The number of hydrogen-bond donors (Lipinski definition) is 0. The number of carbonyl (C=O) groups excluding carboxylic acids is 1. The van der Waals surface area contributed by atoms with Gasteiger partial charge in [0.05, 0.1) is 0 Å². The molecule has 25 heavy (non-hydrogen) atoms. The molecule has 0 N–H and O–H groups in total. The van der Waals surface area contributed by atoms with Crippen molar-refractivity contribution in [3.8, 4) is 0 Å². The fraction of sp³-hybridized carbons (Fsp3) is 0.950. The minimum atomic E-state index is -3.26. The topological polar surface area (TPSA) is 26.3 Å². The van der Waals surface area contributed by atoms with Crippen molar-refractivity contribution in [1.82, 2.24) is 0 Å². The molecule has 0 rings (SSSR count). The zero-order valence-corrected chi connectivity index (χ0v) is 15.9. The number of alkyl halides is 3. The average molecular weight is 367 g/mol. The third-order valence-corrected chi connectivity index (χ3v) is 4.43. The molecule has 0 saturated heterocycles. The van der Waals surface area contributed by atoms with Gasteiger partial charge in [0.1, 0.15) is 0 Å². The number of esters is 1. The molecule has 0 bridgehead atoms. The van der Waals surface area contributed by atoms with Crippen LogP contribution in [0.4, 0.5) is 13.2 Å². The second kappa shape index (κ2) is 18.1. The second-order valence-electron chi connectivity index (χ2n) is 6.88.